The number of alkyl halides is 2. The maximum atomic E-state index is 15.2. The summed E-state index contributed by atoms with van der Waals surface area (Å²) in [5.74, 6) is -6.68. The Bertz CT molecular complexity index is 1460. The van der Waals surface area contributed by atoms with Crippen molar-refractivity contribution in [3.8, 4) is 11.4 Å². The lowest BCUT2D eigenvalue weighted by Gasteiger charge is -2.35. The second-order valence-corrected chi connectivity index (χ2v) is 9.88. The van der Waals surface area contributed by atoms with Gasteiger partial charge in [-0.15, -0.1) is 0 Å². The van der Waals surface area contributed by atoms with Gasteiger partial charge in [-0.2, -0.15) is 13.9 Å². The Balaban J connectivity index is 1.58. The van der Waals surface area contributed by atoms with Crippen molar-refractivity contribution in [2.75, 3.05) is 7.11 Å². The molecule has 5 rings (SSSR count). The zero-order valence-corrected chi connectivity index (χ0v) is 21.4. The van der Waals surface area contributed by atoms with Crippen LogP contribution in [0.15, 0.2) is 54.4 Å². The fourth-order valence-corrected chi connectivity index (χ4v) is 5.21. The van der Waals surface area contributed by atoms with Crippen LogP contribution in [0.2, 0.25) is 0 Å². The number of halogens is 4. The van der Waals surface area contributed by atoms with E-state index in [1.165, 1.54) is 42.3 Å². The summed E-state index contributed by atoms with van der Waals surface area (Å²) in [6.45, 7) is 2.35. The zero-order valence-electron chi connectivity index (χ0n) is 21.4. The molecule has 2 heterocycles. The minimum absolute atomic E-state index is 0.0332. The van der Waals surface area contributed by atoms with E-state index in [1.54, 1.807) is 29.1 Å². The van der Waals surface area contributed by atoms with Gasteiger partial charge >= 0.3 is 5.92 Å². The van der Waals surface area contributed by atoms with Crippen LogP contribution in [-0.4, -0.2) is 45.6 Å². The molecule has 2 aliphatic rings. The fraction of sp³-hybridized carbons (Fsp3) is 0.321. The summed E-state index contributed by atoms with van der Waals surface area (Å²) in [4.78, 5) is 27.0. The molecular formula is C28H26F4N4O3. The van der Waals surface area contributed by atoms with Gasteiger partial charge in [-0.25, -0.2) is 13.5 Å². The number of rotatable bonds is 6. The SMILES string of the molecule is COc1ccc(F)c([C@@H]2[C@@H](NC(=O)C(C)(F)F)CC(=O)N2C2=Cc3cnn(-c4ccc(F)cc4)c3CC2C)c1. The van der Waals surface area contributed by atoms with Gasteiger partial charge in [-0.1, -0.05) is 6.92 Å². The van der Waals surface area contributed by atoms with Gasteiger partial charge in [0.25, 0.3) is 5.91 Å². The first-order valence-electron chi connectivity index (χ1n) is 12.4. The summed E-state index contributed by atoms with van der Waals surface area (Å²) in [7, 11) is 1.40. The number of hydrogen-bond donors (Lipinski definition) is 1. The number of ether oxygens (including phenoxy) is 1. The van der Waals surface area contributed by atoms with Gasteiger partial charge in [0.2, 0.25) is 5.91 Å². The van der Waals surface area contributed by atoms with Gasteiger partial charge in [0.15, 0.2) is 0 Å². The first-order chi connectivity index (χ1) is 18.5. The molecule has 1 fully saturated rings. The predicted octanol–water partition coefficient (Wildman–Crippen LogP) is 4.81. The fourth-order valence-electron chi connectivity index (χ4n) is 5.21. The highest BCUT2D eigenvalue weighted by Crippen LogP contribution is 2.43. The molecule has 1 saturated heterocycles. The summed E-state index contributed by atoms with van der Waals surface area (Å²) in [6.07, 6.45) is 3.52. The molecule has 3 aromatic rings. The molecule has 0 bridgehead atoms. The molecule has 2 aromatic carbocycles. The molecule has 39 heavy (non-hydrogen) atoms. The Kier molecular flexibility index (Phi) is 6.69. The van der Waals surface area contributed by atoms with E-state index in [1.807, 2.05) is 6.92 Å². The molecular weight excluding hydrogens is 516 g/mol. The van der Waals surface area contributed by atoms with Crippen molar-refractivity contribution in [2.45, 2.75) is 44.7 Å². The lowest BCUT2D eigenvalue weighted by atomic mass is 9.90. The maximum Gasteiger partial charge on any atom is 0.321 e. The number of hydrogen-bond acceptors (Lipinski definition) is 4. The Labute approximate surface area is 222 Å². The Hall–Kier alpha value is -4.15. The van der Waals surface area contributed by atoms with Crippen molar-refractivity contribution in [1.82, 2.24) is 20.0 Å². The molecule has 2 amide bonds. The summed E-state index contributed by atoms with van der Waals surface area (Å²) in [6, 6.07) is 7.65. The molecule has 11 heteroatoms. The molecule has 0 radical (unpaired) electrons. The van der Waals surface area contributed by atoms with E-state index < -0.39 is 35.6 Å². The zero-order chi connectivity index (χ0) is 28.1. The Morgan fingerprint density at radius 2 is 1.85 bits per heavy atom. The molecule has 7 nitrogen and oxygen atoms in total. The van der Waals surface area contributed by atoms with Crippen LogP contribution in [-0.2, 0) is 16.0 Å². The minimum atomic E-state index is -3.69. The number of aromatic nitrogens is 2. The van der Waals surface area contributed by atoms with Gasteiger partial charge in [0, 0.05) is 36.1 Å². The van der Waals surface area contributed by atoms with E-state index in [0.29, 0.717) is 36.0 Å². The highest BCUT2D eigenvalue weighted by molar-refractivity contribution is 5.87. The third-order valence-electron chi connectivity index (χ3n) is 7.12. The second-order valence-electron chi connectivity index (χ2n) is 9.88. The third-order valence-corrected chi connectivity index (χ3v) is 7.12. The summed E-state index contributed by atoms with van der Waals surface area (Å²) in [5.41, 5.74) is 2.78. The quantitative estimate of drug-likeness (QED) is 0.454. The Morgan fingerprint density at radius 3 is 2.51 bits per heavy atom. The van der Waals surface area contributed by atoms with E-state index in [-0.39, 0.29) is 23.7 Å². The number of nitrogens with zero attached hydrogens (tertiary/aromatic N) is 3. The number of carbonyl (C=O) groups excluding carboxylic acids is 2. The monoisotopic (exact) mass is 542 g/mol. The van der Waals surface area contributed by atoms with Crippen LogP contribution < -0.4 is 10.1 Å². The van der Waals surface area contributed by atoms with Crippen molar-refractivity contribution in [1.29, 1.82) is 0 Å². The largest absolute Gasteiger partial charge is 0.497 e. The van der Waals surface area contributed by atoms with Crippen LogP contribution in [0, 0.1) is 17.6 Å². The molecule has 1 N–H and O–H groups in total. The standard InChI is InChI=1S/C28H26F4N4O3/c1-15-10-24-16(14-33-36(24)18-6-4-17(29)5-7-18)11-23(15)35-25(37)13-22(34-27(38)28(2,31)32)26(35)20-12-19(39-3)8-9-21(20)30/h4-9,11-12,14-15,22,26H,10,13H2,1-3H3,(H,34,38)/t15?,22-,26+/m0/s1. The van der Waals surface area contributed by atoms with Crippen LogP contribution in [0.4, 0.5) is 17.6 Å². The number of benzene rings is 2. The summed E-state index contributed by atoms with van der Waals surface area (Å²) >= 11 is 0. The highest BCUT2D eigenvalue weighted by atomic mass is 19.3. The van der Waals surface area contributed by atoms with E-state index in [2.05, 4.69) is 10.4 Å². The summed E-state index contributed by atoms with van der Waals surface area (Å²) < 4.78 is 63.2. The number of likely N-dealkylation sites (tertiary alicyclic amines) is 1. The van der Waals surface area contributed by atoms with Gasteiger partial charge in [0.1, 0.15) is 17.4 Å². The van der Waals surface area contributed by atoms with E-state index in [9.17, 15) is 22.8 Å². The first kappa shape index (κ1) is 26.5. The average molecular weight is 543 g/mol. The molecule has 1 aromatic heterocycles. The van der Waals surface area contributed by atoms with E-state index >= 15 is 4.39 Å². The van der Waals surface area contributed by atoms with Crippen molar-refractivity contribution in [2.24, 2.45) is 5.92 Å². The number of allylic oxidation sites excluding steroid dienone is 1. The smallest absolute Gasteiger partial charge is 0.321 e. The molecule has 0 saturated carbocycles. The molecule has 1 unspecified atom stereocenters. The predicted molar refractivity (Wildman–Crippen MR) is 134 cm³/mol. The maximum absolute atomic E-state index is 15.2. The number of methoxy groups -OCH3 is 1. The number of amides is 2. The summed E-state index contributed by atoms with van der Waals surface area (Å²) in [5, 5.41) is 6.70. The van der Waals surface area contributed by atoms with Crippen molar-refractivity contribution >= 4 is 17.9 Å². The van der Waals surface area contributed by atoms with E-state index in [0.717, 1.165) is 5.69 Å². The van der Waals surface area contributed by atoms with Crippen molar-refractivity contribution < 1.29 is 31.9 Å². The van der Waals surface area contributed by atoms with Gasteiger partial charge in [-0.05, 0) is 55.0 Å². The van der Waals surface area contributed by atoms with Crippen LogP contribution in [0.1, 0.15) is 43.1 Å². The van der Waals surface area contributed by atoms with Crippen LogP contribution in [0.3, 0.4) is 0 Å². The Morgan fingerprint density at radius 1 is 1.13 bits per heavy atom. The lowest BCUT2D eigenvalue weighted by Crippen LogP contribution is -2.46. The van der Waals surface area contributed by atoms with Crippen LogP contribution in [0.25, 0.3) is 11.8 Å². The average Bonchev–Trinajstić information content (AvgIpc) is 3.43. The molecule has 204 valence electrons. The molecule has 3 atom stereocenters. The van der Waals surface area contributed by atoms with Crippen molar-refractivity contribution in [3.63, 3.8) is 0 Å². The minimum Gasteiger partial charge on any atom is -0.497 e. The van der Waals surface area contributed by atoms with Gasteiger partial charge in [-0.3, -0.25) is 9.59 Å². The second kappa shape index (κ2) is 9.87. The number of nitrogens with one attached hydrogen (secondary N) is 1. The van der Waals surface area contributed by atoms with Gasteiger partial charge in [0.05, 0.1) is 36.8 Å². The number of fused-ring (bicyclic) bond motifs is 1. The first-order valence-corrected chi connectivity index (χ1v) is 12.4. The van der Waals surface area contributed by atoms with Gasteiger partial charge < -0.3 is 15.0 Å². The van der Waals surface area contributed by atoms with Crippen molar-refractivity contribution in [3.05, 3.63) is 82.8 Å². The highest BCUT2D eigenvalue weighted by Gasteiger charge is 2.47. The van der Waals surface area contributed by atoms with Crippen LogP contribution in [0.5, 0.6) is 5.75 Å². The van der Waals surface area contributed by atoms with E-state index in [4.69, 9.17) is 4.74 Å². The van der Waals surface area contributed by atoms with Crippen LogP contribution >= 0.6 is 0 Å². The topological polar surface area (TPSA) is 76.5 Å². The lowest BCUT2D eigenvalue weighted by molar-refractivity contribution is -0.144. The normalized spacial score (nSPS) is 21.0. The molecule has 0 spiro atoms. The molecule has 1 aliphatic heterocycles. The number of carbonyl (C=O) groups is 2. The third kappa shape index (κ3) is 4.88. The molecule has 1 aliphatic carbocycles.